The molecule has 3 nitrogen and oxygen atoms in total. The van der Waals surface area contributed by atoms with Crippen LogP contribution >= 0.6 is 0 Å². The van der Waals surface area contributed by atoms with E-state index in [0.29, 0.717) is 5.56 Å². The van der Waals surface area contributed by atoms with Crippen LogP contribution in [0.2, 0.25) is 0 Å². The summed E-state index contributed by atoms with van der Waals surface area (Å²) in [6.45, 7) is 0. The van der Waals surface area contributed by atoms with Crippen LogP contribution in [0.25, 0.3) is 16.8 Å². The molecule has 0 spiro atoms. The van der Waals surface area contributed by atoms with Gasteiger partial charge in [-0.2, -0.15) is 0 Å². The maximum Gasteiger partial charge on any atom is 0.185 e. The molecule has 23 heavy (non-hydrogen) atoms. The molecule has 0 aliphatic rings. The van der Waals surface area contributed by atoms with Crippen LogP contribution in [0.1, 0.15) is 15.9 Å². The van der Waals surface area contributed by atoms with Crippen molar-refractivity contribution in [1.82, 2.24) is 0 Å². The molecule has 3 aromatic rings. The lowest BCUT2D eigenvalue weighted by atomic mass is 10.0. The zero-order chi connectivity index (χ0) is 16.2. The molecule has 0 aromatic heterocycles. The first kappa shape index (κ1) is 14.9. The molecule has 114 valence electrons. The Bertz CT molecular complexity index is 889. The minimum atomic E-state index is -0.142. The smallest absolute Gasteiger partial charge is 0.185 e. The Kier molecular flexibility index (Phi) is 4.11. The van der Waals surface area contributed by atoms with Gasteiger partial charge in [0, 0.05) is 5.56 Å². The Morgan fingerprint density at radius 3 is 2.65 bits per heavy atom. The highest BCUT2D eigenvalue weighted by molar-refractivity contribution is 6.08. The third kappa shape index (κ3) is 3.09. The Balaban J connectivity index is 1.91. The largest absolute Gasteiger partial charge is 0.504 e. The van der Waals surface area contributed by atoms with Gasteiger partial charge in [-0.3, -0.25) is 4.79 Å². The Morgan fingerprint density at radius 2 is 1.83 bits per heavy atom. The van der Waals surface area contributed by atoms with E-state index in [1.165, 1.54) is 25.3 Å². The summed E-state index contributed by atoms with van der Waals surface area (Å²) in [6.07, 6.45) is 3.34. The number of allylic oxidation sites excluding steroid dienone is 1. The van der Waals surface area contributed by atoms with Gasteiger partial charge in [0.15, 0.2) is 17.3 Å². The number of methoxy groups -OCH3 is 1. The molecule has 0 heterocycles. The summed E-state index contributed by atoms with van der Waals surface area (Å²) in [5.74, 6) is 0.160. The molecule has 0 atom stereocenters. The van der Waals surface area contributed by atoms with E-state index in [-0.39, 0.29) is 17.3 Å². The third-order valence-electron chi connectivity index (χ3n) is 3.70. The van der Waals surface area contributed by atoms with Gasteiger partial charge in [0.05, 0.1) is 7.11 Å². The molecule has 0 amide bonds. The number of hydrogen-bond acceptors (Lipinski definition) is 3. The van der Waals surface area contributed by atoms with Gasteiger partial charge in [0.1, 0.15) is 0 Å². The summed E-state index contributed by atoms with van der Waals surface area (Å²) in [5.41, 5.74) is 1.46. The van der Waals surface area contributed by atoms with E-state index in [9.17, 15) is 9.90 Å². The van der Waals surface area contributed by atoms with Gasteiger partial charge in [-0.25, -0.2) is 0 Å². The second-order valence-electron chi connectivity index (χ2n) is 5.15. The topological polar surface area (TPSA) is 46.5 Å². The quantitative estimate of drug-likeness (QED) is 0.572. The third-order valence-corrected chi connectivity index (χ3v) is 3.70. The number of rotatable bonds is 4. The average molecular weight is 304 g/mol. The fourth-order valence-electron chi connectivity index (χ4n) is 2.49. The number of phenolic OH excluding ortho intramolecular Hbond substituents is 1. The second kappa shape index (κ2) is 6.36. The van der Waals surface area contributed by atoms with Crippen molar-refractivity contribution in [3.05, 3.63) is 77.9 Å². The van der Waals surface area contributed by atoms with Gasteiger partial charge >= 0.3 is 0 Å². The first-order chi connectivity index (χ1) is 11.2. The Hall–Kier alpha value is -3.07. The number of benzene rings is 3. The normalized spacial score (nSPS) is 11.0. The maximum atomic E-state index is 12.3. The van der Waals surface area contributed by atoms with Crippen molar-refractivity contribution < 1.29 is 14.6 Å². The highest BCUT2D eigenvalue weighted by Crippen LogP contribution is 2.27. The van der Waals surface area contributed by atoms with E-state index < -0.39 is 0 Å². The average Bonchev–Trinajstić information content (AvgIpc) is 2.60. The van der Waals surface area contributed by atoms with Crippen LogP contribution in [0.4, 0.5) is 0 Å². The lowest BCUT2D eigenvalue weighted by Crippen LogP contribution is -1.95. The SMILES string of the molecule is COc1cc(C(=O)/C=C/c2cccc3ccccc23)ccc1O. The maximum absolute atomic E-state index is 12.3. The summed E-state index contributed by atoms with van der Waals surface area (Å²) in [4.78, 5) is 12.3. The van der Waals surface area contributed by atoms with E-state index in [4.69, 9.17) is 4.74 Å². The molecule has 0 fully saturated rings. The van der Waals surface area contributed by atoms with Crippen molar-refractivity contribution in [1.29, 1.82) is 0 Å². The predicted octanol–water partition coefficient (Wildman–Crippen LogP) is 4.45. The summed E-state index contributed by atoms with van der Waals surface area (Å²) < 4.78 is 5.03. The van der Waals surface area contributed by atoms with Gasteiger partial charge in [0.2, 0.25) is 0 Å². The van der Waals surface area contributed by atoms with Gasteiger partial charge in [-0.1, -0.05) is 48.5 Å². The lowest BCUT2D eigenvalue weighted by Gasteiger charge is -2.04. The fraction of sp³-hybridized carbons (Fsp3) is 0.0500. The van der Waals surface area contributed by atoms with Crippen LogP contribution in [0.5, 0.6) is 11.5 Å². The molecular formula is C20H16O3. The molecule has 0 bridgehead atoms. The molecule has 0 unspecified atom stereocenters. The van der Waals surface area contributed by atoms with E-state index in [1.807, 2.05) is 48.5 Å². The molecule has 0 radical (unpaired) electrons. The molecule has 3 aromatic carbocycles. The van der Waals surface area contributed by atoms with Crippen molar-refractivity contribution in [2.24, 2.45) is 0 Å². The molecular weight excluding hydrogens is 288 g/mol. The summed E-state index contributed by atoms with van der Waals surface area (Å²) in [5, 5.41) is 11.8. The molecule has 1 N–H and O–H groups in total. The van der Waals surface area contributed by atoms with E-state index in [2.05, 4.69) is 0 Å². The summed E-state index contributed by atoms with van der Waals surface area (Å²) in [6, 6.07) is 18.6. The summed E-state index contributed by atoms with van der Waals surface area (Å²) >= 11 is 0. The number of ether oxygens (including phenoxy) is 1. The minimum Gasteiger partial charge on any atom is -0.504 e. The highest BCUT2D eigenvalue weighted by atomic mass is 16.5. The van der Waals surface area contributed by atoms with Crippen molar-refractivity contribution in [3.8, 4) is 11.5 Å². The monoisotopic (exact) mass is 304 g/mol. The van der Waals surface area contributed by atoms with Crippen LogP contribution in [-0.4, -0.2) is 18.0 Å². The number of ketones is 1. The molecule has 0 saturated heterocycles. The number of hydrogen-bond donors (Lipinski definition) is 1. The number of phenols is 1. The number of aromatic hydroxyl groups is 1. The van der Waals surface area contributed by atoms with Gasteiger partial charge in [-0.05, 0) is 40.6 Å². The predicted molar refractivity (Wildman–Crippen MR) is 92.0 cm³/mol. The number of carbonyl (C=O) groups is 1. The number of fused-ring (bicyclic) bond motifs is 1. The molecule has 0 aliphatic carbocycles. The number of carbonyl (C=O) groups excluding carboxylic acids is 1. The zero-order valence-corrected chi connectivity index (χ0v) is 12.7. The van der Waals surface area contributed by atoms with Crippen molar-refractivity contribution in [2.75, 3.05) is 7.11 Å². The fourth-order valence-corrected chi connectivity index (χ4v) is 2.49. The molecule has 0 saturated carbocycles. The highest BCUT2D eigenvalue weighted by Gasteiger charge is 2.07. The van der Waals surface area contributed by atoms with Crippen molar-refractivity contribution >= 4 is 22.6 Å². The van der Waals surface area contributed by atoms with Crippen molar-refractivity contribution in [3.63, 3.8) is 0 Å². The van der Waals surface area contributed by atoms with E-state index >= 15 is 0 Å². The van der Waals surface area contributed by atoms with Crippen LogP contribution < -0.4 is 4.74 Å². The molecule has 0 aliphatic heterocycles. The first-order valence-corrected chi connectivity index (χ1v) is 7.26. The standard InChI is InChI=1S/C20H16O3/c1-23-20-13-16(10-12-19(20)22)18(21)11-9-15-7-4-6-14-5-2-3-8-17(14)15/h2-13,22H,1H3/b11-9+. The van der Waals surface area contributed by atoms with E-state index in [0.717, 1.165) is 16.3 Å². The van der Waals surface area contributed by atoms with Crippen LogP contribution in [0.15, 0.2) is 66.7 Å². The van der Waals surface area contributed by atoms with Gasteiger partial charge < -0.3 is 9.84 Å². The van der Waals surface area contributed by atoms with Crippen LogP contribution in [0.3, 0.4) is 0 Å². The van der Waals surface area contributed by atoms with Gasteiger partial charge in [-0.15, -0.1) is 0 Å². The molecule has 3 heteroatoms. The minimum absolute atomic E-state index is 0.0158. The van der Waals surface area contributed by atoms with Crippen molar-refractivity contribution in [2.45, 2.75) is 0 Å². The summed E-state index contributed by atoms with van der Waals surface area (Å²) in [7, 11) is 1.45. The van der Waals surface area contributed by atoms with E-state index in [1.54, 1.807) is 6.07 Å². The van der Waals surface area contributed by atoms with Crippen LogP contribution in [-0.2, 0) is 0 Å². The Morgan fingerprint density at radius 1 is 1.04 bits per heavy atom. The van der Waals surface area contributed by atoms with Gasteiger partial charge in [0.25, 0.3) is 0 Å². The Labute approximate surface area is 134 Å². The zero-order valence-electron chi connectivity index (χ0n) is 12.7. The lowest BCUT2D eigenvalue weighted by molar-refractivity contribution is 0.104. The second-order valence-corrected chi connectivity index (χ2v) is 5.15. The first-order valence-electron chi connectivity index (χ1n) is 7.26. The van der Waals surface area contributed by atoms with Crippen LogP contribution in [0, 0.1) is 0 Å². The molecule has 3 rings (SSSR count).